The van der Waals surface area contributed by atoms with Crippen molar-refractivity contribution in [1.29, 1.82) is 0 Å². The summed E-state index contributed by atoms with van der Waals surface area (Å²) in [5.41, 5.74) is 3.46. The van der Waals surface area contributed by atoms with Gasteiger partial charge >= 0.3 is 0 Å². The number of likely N-dealkylation sites (tertiary alicyclic amines) is 1. The maximum absolute atomic E-state index is 13.2. The maximum Gasteiger partial charge on any atom is 0.247 e. The van der Waals surface area contributed by atoms with E-state index in [1.165, 1.54) is 16.0 Å². The van der Waals surface area contributed by atoms with Gasteiger partial charge in [-0.3, -0.25) is 24.3 Å². The van der Waals surface area contributed by atoms with Crippen LogP contribution in [0.3, 0.4) is 0 Å². The van der Waals surface area contributed by atoms with Crippen LogP contribution in [0.5, 0.6) is 5.75 Å². The molecular formula is C29H31N3O3. The molecule has 2 amide bonds. The summed E-state index contributed by atoms with van der Waals surface area (Å²) in [7, 11) is 1.62. The highest BCUT2D eigenvalue weighted by Gasteiger charge is 2.43. The lowest BCUT2D eigenvalue weighted by molar-refractivity contribution is -0.140. The van der Waals surface area contributed by atoms with Crippen LogP contribution in [0.25, 0.3) is 0 Å². The SMILES string of the molecule is COc1ccc(CN2C(=O)CC(N3CCN(C(c4ccccc4)c4ccccc4)CC3)C2=O)cc1. The molecule has 180 valence electrons. The van der Waals surface area contributed by atoms with E-state index in [0.29, 0.717) is 6.54 Å². The quantitative estimate of drug-likeness (QED) is 0.494. The Morgan fingerprint density at radius 1 is 0.800 bits per heavy atom. The minimum atomic E-state index is -0.366. The van der Waals surface area contributed by atoms with E-state index in [4.69, 9.17) is 4.74 Å². The average Bonchev–Trinajstić information content (AvgIpc) is 3.19. The Balaban J connectivity index is 1.25. The van der Waals surface area contributed by atoms with E-state index in [1.54, 1.807) is 7.11 Å². The molecule has 1 unspecified atom stereocenters. The van der Waals surface area contributed by atoms with Gasteiger partial charge in [0.2, 0.25) is 11.8 Å². The number of nitrogens with zero attached hydrogens (tertiary/aromatic N) is 3. The molecule has 2 aliphatic heterocycles. The first kappa shape index (κ1) is 23.3. The topological polar surface area (TPSA) is 53.1 Å². The zero-order valence-electron chi connectivity index (χ0n) is 20.0. The van der Waals surface area contributed by atoms with Crippen molar-refractivity contribution in [2.45, 2.75) is 25.0 Å². The van der Waals surface area contributed by atoms with Gasteiger partial charge in [0.05, 0.1) is 32.2 Å². The Kier molecular flexibility index (Phi) is 6.93. The Bertz CT molecular complexity index is 1100. The monoisotopic (exact) mass is 469 g/mol. The van der Waals surface area contributed by atoms with Crippen molar-refractivity contribution in [2.24, 2.45) is 0 Å². The van der Waals surface area contributed by atoms with Gasteiger partial charge in [-0.2, -0.15) is 0 Å². The van der Waals surface area contributed by atoms with Crippen molar-refractivity contribution < 1.29 is 14.3 Å². The third kappa shape index (κ3) is 4.99. The van der Waals surface area contributed by atoms with Crippen molar-refractivity contribution in [3.05, 3.63) is 102 Å². The molecule has 0 bridgehead atoms. The summed E-state index contributed by atoms with van der Waals surface area (Å²) < 4.78 is 5.20. The molecule has 3 aromatic carbocycles. The van der Waals surface area contributed by atoms with Gasteiger partial charge in [-0.15, -0.1) is 0 Å². The van der Waals surface area contributed by atoms with Crippen LogP contribution in [0.2, 0.25) is 0 Å². The molecule has 0 N–H and O–H groups in total. The van der Waals surface area contributed by atoms with E-state index in [0.717, 1.165) is 37.5 Å². The summed E-state index contributed by atoms with van der Waals surface area (Å²) >= 11 is 0. The third-order valence-electron chi connectivity index (χ3n) is 7.11. The second kappa shape index (κ2) is 10.4. The first-order valence-electron chi connectivity index (χ1n) is 12.2. The summed E-state index contributed by atoms with van der Waals surface area (Å²) in [6.45, 7) is 3.50. The normalized spacial score (nSPS) is 19.5. The molecule has 0 aromatic heterocycles. The summed E-state index contributed by atoms with van der Waals surface area (Å²) in [6, 6.07) is 28.5. The van der Waals surface area contributed by atoms with Crippen LogP contribution in [-0.4, -0.2) is 65.8 Å². The van der Waals surface area contributed by atoms with E-state index < -0.39 is 0 Å². The number of imide groups is 1. The number of ether oxygens (including phenoxy) is 1. The second-order valence-corrected chi connectivity index (χ2v) is 9.18. The van der Waals surface area contributed by atoms with Crippen LogP contribution < -0.4 is 4.74 Å². The predicted molar refractivity (Wildman–Crippen MR) is 135 cm³/mol. The number of piperazine rings is 1. The van der Waals surface area contributed by atoms with Crippen LogP contribution in [0.15, 0.2) is 84.9 Å². The first-order valence-corrected chi connectivity index (χ1v) is 12.2. The molecule has 6 heteroatoms. The van der Waals surface area contributed by atoms with Gasteiger partial charge in [0.25, 0.3) is 0 Å². The lowest BCUT2D eigenvalue weighted by Crippen LogP contribution is -2.53. The summed E-state index contributed by atoms with van der Waals surface area (Å²) in [4.78, 5) is 32.1. The first-order chi connectivity index (χ1) is 17.1. The number of amides is 2. The molecule has 35 heavy (non-hydrogen) atoms. The smallest absolute Gasteiger partial charge is 0.247 e. The van der Waals surface area contributed by atoms with Crippen molar-refractivity contribution in [2.75, 3.05) is 33.3 Å². The Labute approximate surface area is 206 Å². The maximum atomic E-state index is 13.2. The molecule has 0 spiro atoms. The van der Waals surface area contributed by atoms with Crippen molar-refractivity contribution >= 4 is 11.8 Å². The van der Waals surface area contributed by atoms with Gasteiger partial charge in [0.1, 0.15) is 5.75 Å². The molecule has 2 heterocycles. The number of hydrogen-bond donors (Lipinski definition) is 0. The van der Waals surface area contributed by atoms with E-state index in [1.807, 2.05) is 36.4 Å². The number of rotatable bonds is 7. The van der Waals surface area contributed by atoms with Gasteiger partial charge in [0.15, 0.2) is 0 Å². The molecule has 6 nitrogen and oxygen atoms in total. The molecule has 3 aromatic rings. The van der Waals surface area contributed by atoms with Crippen LogP contribution in [0.4, 0.5) is 0 Å². The molecule has 2 aliphatic rings. The molecule has 1 atom stereocenters. The number of carbonyl (C=O) groups is 2. The zero-order chi connectivity index (χ0) is 24.2. The van der Waals surface area contributed by atoms with Gasteiger partial charge < -0.3 is 4.74 Å². The highest BCUT2D eigenvalue weighted by molar-refractivity contribution is 6.05. The molecule has 0 radical (unpaired) electrons. The lowest BCUT2D eigenvalue weighted by Gasteiger charge is -2.41. The molecular weight excluding hydrogens is 438 g/mol. The van der Waals surface area contributed by atoms with Gasteiger partial charge in [-0.25, -0.2) is 0 Å². The molecule has 2 saturated heterocycles. The molecule has 0 saturated carbocycles. The Morgan fingerprint density at radius 2 is 1.37 bits per heavy atom. The minimum Gasteiger partial charge on any atom is -0.497 e. The van der Waals surface area contributed by atoms with Crippen molar-refractivity contribution in [1.82, 2.24) is 14.7 Å². The van der Waals surface area contributed by atoms with Gasteiger partial charge in [-0.05, 0) is 28.8 Å². The molecule has 2 fully saturated rings. The summed E-state index contributed by atoms with van der Waals surface area (Å²) in [6.07, 6.45) is 0.260. The fourth-order valence-corrected chi connectivity index (χ4v) is 5.22. The van der Waals surface area contributed by atoms with Crippen LogP contribution in [0.1, 0.15) is 29.2 Å². The zero-order valence-corrected chi connectivity index (χ0v) is 20.0. The Morgan fingerprint density at radius 3 is 1.91 bits per heavy atom. The van der Waals surface area contributed by atoms with Crippen LogP contribution in [0, 0.1) is 0 Å². The summed E-state index contributed by atoms with van der Waals surface area (Å²) in [5, 5.41) is 0. The second-order valence-electron chi connectivity index (χ2n) is 9.18. The Hall–Kier alpha value is -3.48. The van der Waals surface area contributed by atoms with E-state index in [9.17, 15) is 9.59 Å². The number of hydrogen-bond acceptors (Lipinski definition) is 5. The number of carbonyl (C=O) groups excluding carboxylic acids is 2. The highest BCUT2D eigenvalue weighted by Crippen LogP contribution is 2.31. The fraction of sp³-hybridized carbons (Fsp3) is 0.310. The lowest BCUT2D eigenvalue weighted by atomic mass is 9.96. The number of methoxy groups -OCH3 is 1. The minimum absolute atomic E-state index is 0.0815. The van der Waals surface area contributed by atoms with Crippen molar-refractivity contribution in [3.63, 3.8) is 0 Å². The standard InChI is InChI=1S/C29H31N3O3/c1-35-25-14-12-22(13-15-25)21-32-27(33)20-26(29(32)34)30-16-18-31(19-17-30)28(23-8-4-2-5-9-23)24-10-6-3-7-11-24/h2-15,26,28H,16-21H2,1H3. The number of benzene rings is 3. The highest BCUT2D eigenvalue weighted by atomic mass is 16.5. The van der Waals surface area contributed by atoms with Gasteiger partial charge in [0, 0.05) is 26.2 Å². The third-order valence-corrected chi connectivity index (χ3v) is 7.11. The van der Waals surface area contributed by atoms with Gasteiger partial charge in [-0.1, -0.05) is 72.8 Å². The van der Waals surface area contributed by atoms with E-state index >= 15 is 0 Å². The average molecular weight is 470 g/mol. The van der Waals surface area contributed by atoms with Crippen LogP contribution in [-0.2, 0) is 16.1 Å². The molecule has 5 rings (SSSR count). The van der Waals surface area contributed by atoms with Crippen LogP contribution >= 0.6 is 0 Å². The fourth-order valence-electron chi connectivity index (χ4n) is 5.22. The summed E-state index contributed by atoms with van der Waals surface area (Å²) in [5.74, 6) is 0.583. The van der Waals surface area contributed by atoms with Crippen molar-refractivity contribution in [3.8, 4) is 5.75 Å². The van der Waals surface area contributed by atoms with E-state index in [-0.39, 0.29) is 30.3 Å². The van der Waals surface area contributed by atoms with E-state index in [2.05, 4.69) is 58.3 Å². The predicted octanol–water partition coefficient (Wildman–Crippen LogP) is 3.73. The largest absolute Gasteiger partial charge is 0.497 e. The molecule has 0 aliphatic carbocycles.